The molecule has 1 amide bonds. The maximum atomic E-state index is 14.3. The monoisotopic (exact) mass is 445 g/mol. The van der Waals surface area contributed by atoms with Crippen LogP contribution in [0.15, 0.2) is 24.4 Å². The Morgan fingerprint density at radius 1 is 1.09 bits per heavy atom. The molecule has 3 aromatic rings. The van der Waals surface area contributed by atoms with E-state index in [0.717, 1.165) is 12.3 Å². The summed E-state index contributed by atoms with van der Waals surface area (Å²) in [5.41, 5.74) is 0.360. The first-order valence-electron chi connectivity index (χ1n) is 10.2. The van der Waals surface area contributed by atoms with Gasteiger partial charge in [-0.05, 0) is 44.4 Å². The molecule has 8 nitrogen and oxygen atoms in total. The van der Waals surface area contributed by atoms with Crippen molar-refractivity contribution in [2.45, 2.75) is 33.2 Å². The highest BCUT2D eigenvalue weighted by Crippen LogP contribution is 2.23. The first kappa shape index (κ1) is 21.7. The molecule has 0 spiro atoms. The number of benzene rings is 1. The van der Waals surface area contributed by atoms with E-state index in [1.165, 1.54) is 16.8 Å². The van der Waals surface area contributed by atoms with E-state index in [0.29, 0.717) is 49.1 Å². The van der Waals surface area contributed by atoms with Gasteiger partial charge in [-0.25, -0.2) is 23.1 Å². The zero-order chi connectivity index (χ0) is 22.8. The highest BCUT2D eigenvalue weighted by Gasteiger charge is 2.27. The summed E-state index contributed by atoms with van der Waals surface area (Å²) < 4.78 is 42.2. The van der Waals surface area contributed by atoms with Gasteiger partial charge in [0, 0.05) is 31.6 Å². The average Bonchev–Trinajstić information content (AvgIpc) is 3.09. The summed E-state index contributed by atoms with van der Waals surface area (Å²) in [6.07, 6.45) is 2.19. The number of nitrogens with zero attached hydrogens (tertiary/aromatic N) is 6. The van der Waals surface area contributed by atoms with Gasteiger partial charge in [0.05, 0.1) is 6.20 Å². The second-order valence-corrected chi connectivity index (χ2v) is 7.72. The smallest absolute Gasteiger partial charge is 0.227 e. The van der Waals surface area contributed by atoms with Crippen molar-refractivity contribution in [1.29, 1.82) is 0 Å². The largest absolute Gasteiger partial charge is 0.352 e. The number of carbonyl (C=O) groups excluding carboxylic acids is 1. The minimum Gasteiger partial charge on any atom is -0.352 e. The van der Waals surface area contributed by atoms with Gasteiger partial charge in [-0.1, -0.05) is 0 Å². The maximum Gasteiger partial charge on any atom is 0.227 e. The predicted molar refractivity (Wildman–Crippen MR) is 110 cm³/mol. The lowest BCUT2D eigenvalue weighted by atomic mass is 9.96. The lowest BCUT2D eigenvalue weighted by molar-refractivity contribution is -0.125. The van der Waals surface area contributed by atoms with Crippen molar-refractivity contribution in [1.82, 2.24) is 30.0 Å². The highest BCUT2D eigenvalue weighted by molar-refractivity contribution is 5.78. The molecular weight excluding hydrogens is 423 g/mol. The standard InChI is InChI=1S/C21H22F3N7O/c1-12-27-13(2)31(29-12)19-18(24)11-26-21(28-19)30-5-3-15(4-6-30)20(32)25-10-14-7-16(22)9-17(23)8-14/h7-9,11,15H,3-6,10H2,1-2H3,(H,25,32). The Bertz CT molecular complexity index is 1120. The minimum atomic E-state index is -0.683. The van der Waals surface area contributed by atoms with E-state index in [-0.39, 0.29) is 24.2 Å². The molecule has 1 aromatic carbocycles. The lowest BCUT2D eigenvalue weighted by Gasteiger charge is -2.31. The molecule has 0 saturated carbocycles. The molecule has 2 aromatic heterocycles. The van der Waals surface area contributed by atoms with Crippen molar-refractivity contribution in [2.75, 3.05) is 18.0 Å². The van der Waals surface area contributed by atoms with Gasteiger partial charge in [0.25, 0.3) is 0 Å². The fourth-order valence-electron chi connectivity index (χ4n) is 3.76. The molecule has 0 atom stereocenters. The van der Waals surface area contributed by atoms with Gasteiger partial charge < -0.3 is 10.2 Å². The molecule has 0 bridgehead atoms. The van der Waals surface area contributed by atoms with Crippen LogP contribution in [0.2, 0.25) is 0 Å². The van der Waals surface area contributed by atoms with Gasteiger partial charge in [-0.2, -0.15) is 9.67 Å². The Hall–Kier alpha value is -3.50. The fraction of sp³-hybridized carbons (Fsp3) is 0.381. The van der Waals surface area contributed by atoms with E-state index in [1.54, 1.807) is 13.8 Å². The summed E-state index contributed by atoms with van der Waals surface area (Å²) in [5, 5.41) is 6.91. The van der Waals surface area contributed by atoms with E-state index in [9.17, 15) is 18.0 Å². The molecule has 3 heterocycles. The van der Waals surface area contributed by atoms with Gasteiger partial charge in [0.1, 0.15) is 23.3 Å². The number of hydrogen-bond acceptors (Lipinski definition) is 6. The number of anilines is 1. The third-order valence-electron chi connectivity index (χ3n) is 5.33. The van der Waals surface area contributed by atoms with E-state index < -0.39 is 17.5 Å². The predicted octanol–water partition coefficient (Wildman–Crippen LogP) is 2.62. The van der Waals surface area contributed by atoms with Crippen molar-refractivity contribution in [2.24, 2.45) is 5.92 Å². The Kier molecular flexibility index (Phi) is 6.06. The summed E-state index contributed by atoms with van der Waals surface area (Å²) in [7, 11) is 0. The Balaban J connectivity index is 1.38. The van der Waals surface area contributed by atoms with Gasteiger partial charge in [0.2, 0.25) is 11.9 Å². The molecule has 168 valence electrons. The van der Waals surface area contributed by atoms with Crippen molar-refractivity contribution in [3.05, 3.63) is 59.1 Å². The molecule has 1 saturated heterocycles. The molecule has 0 aliphatic carbocycles. The lowest BCUT2D eigenvalue weighted by Crippen LogP contribution is -2.41. The van der Waals surface area contributed by atoms with Crippen LogP contribution in [0.3, 0.4) is 0 Å². The van der Waals surface area contributed by atoms with Gasteiger partial charge in [-0.3, -0.25) is 4.79 Å². The summed E-state index contributed by atoms with van der Waals surface area (Å²) in [4.78, 5) is 27.0. The topological polar surface area (TPSA) is 88.8 Å². The number of hydrogen-bond donors (Lipinski definition) is 1. The van der Waals surface area contributed by atoms with Crippen molar-refractivity contribution in [3.8, 4) is 5.82 Å². The van der Waals surface area contributed by atoms with Crippen LogP contribution in [0, 0.1) is 37.2 Å². The molecule has 1 aliphatic heterocycles. The van der Waals surface area contributed by atoms with Crippen LogP contribution in [-0.4, -0.2) is 43.7 Å². The number of nitrogens with one attached hydrogen (secondary N) is 1. The molecule has 1 N–H and O–H groups in total. The Morgan fingerprint density at radius 2 is 1.78 bits per heavy atom. The number of aryl methyl sites for hydroxylation is 2. The molecule has 0 radical (unpaired) electrons. The van der Waals surface area contributed by atoms with Gasteiger partial charge >= 0.3 is 0 Å². The van der Waals surface area contributed by atoms with Crippen molar-refractivity contribution >= 4 is 11.9 Å². The van der Waals surface area contributed by atoms with Crippen LogP contribution in [0.5, 0.6) is 0 Å². The summed E-state index contributed by atoms with van der Waals surface area (Å²) >= 11 is 0. The number of carbonyl (C=O) groups is 1. The maximum absolute atomic E-state index is 14.3. The SMILES string of the molecule is Cc1nc(C)n(-c2nc(N3CCC(C(=O)NCc4cc(F)cc(F)c4)CC3)ncc2F)n1. The second kappa shape index (κ2) is 8.93. The molecular formula is C21H22F3N7O. The molecule has 0 unspecified atom stereocenters. The van der Waals surface area contributed by atoms with Gasteiger partial charge in [-0.15, -0.1) is 5.10 Å². The zero-order valence-electron chi connectivity index (χ0n) is 17.6. The Labute approximate surface area is 182 Å². The summed E-state index contributed by atoms with van der Waals surface area (Å²) in [6.45, 7) is 4.49. The van der Waals surface area contributed by atoms with E-state index in [1.807, 2.05) is 4.90 Å². The third kappa shape index (κ3) is 4.71. The first-order chi connectivity index (χ1) is 15.3. The van der Waals surface area contributed by atoms with E-state index in [4.69, 9.17) is 0 Å². The van der Waals surface area contributed by atoms with Crippen LogP contribution in [0.1, 0.15) is 30.1 Å². The molecule has 11 heteroatoms. The van der Waals surface area contributed by atoms with Crippen LogP contribution in [-0.2, 0) is 11.3 Å². The zero-order valence-corrected chi connectivity index (χ0v) is 17.6. The summed E-state index contributed by atoms with van der Waals surface area (Å²) in [5.74, 6) is -0.999. The minimum absolute atomic E-state index is 0.0234. The quantitative estimate of drug-likeness (QED) is 0.650. The van der Waals surface area contributed by atoms with Crippen LogP contribution >= 0.6 is 0 Å². The number of aromatic nitrogens is 5. The number of amides is 1. The van der Waals surface area contributed by atoms with Crippen LogP contribution < -0.4 is 10.2 Å². The fourth-order valence-corrected chi connectivity index (χ4v) is 3.76. The van der Waals surface area contributed by atoms with E-state index in [2.05, 4.69) is 25.4 Å². The van der Waals surface area contributed by atoms with Gasteiger partial charge in [0.15, 0.2) is 11.6 Å². The van der Waals surface area contributed by atoms with Crippen molar-refractivity contribution < 1.29 is 18.0 Å². The molecule has 1 fully saturated rings. The van der Waals surface area contributed by atoms with E-state index >= 15 is 0 Å². The molecule has 32 heavy (non-hydrogen) atoms. The highest BCUT2D eigenvalue weighted by atomic mass is 19.1. The van der Waals surface area contributed by atoms with Crippen LogP contribution in [0.4, 0.5) is 19.1 Å². The first-order valence-corrected chi connectivity index (χ1v) is 10.2. The average molecular weight is 445 g/mol. The second-order valence-electron chi connectivity index (χ2n) is 7.72. The number of halogens is 3. The summed E-state index contributed by atoms with van der Waals surface area (Å²) in [6, 6.07) is 3.16. The molecule has 4 rings (SSSR count). The normalized spacial score (nSPS) is 14.6. The Morgan fingerprint density at radius 3 is 2.41 bits per heavy atom. The van der Waals surface area contributed by atoms with Crippen molar-refractivity contribution in [3.63, 3.8) is 0 Å². The number of rotatable bonds is 5. The number of piperidine rings is 1. The van der Waals surface area contributed by atoms with Crippen LogP contribution in [0.25, 0.3) is 5.82 Å². The third-order valence-corrected chi connectivity index (χ3v) is 5.33. The molecule has 1 aliphatic rings.